The average Bonchev–Trinajstić information content (AvgIpc) is 3.11. The van der Waals surface area contributed by atoms with Crippen LogP contribution in [0.3, 0.4) is 0 Å². The molecule has 140 valence electrons. The smallest absolute Gasteiger partial charge is 0.255 e. The number of fused-ring (bicyclic) bond motifs is 1. The van der Waals surface area contributed by atoms with Gasteiger partial charge in [-0.25, -0.2) is 9.37 Å². The number of benzene rings is 2. The Morgan fingerprint density at radius 3 is 2.52 bits per heavy atom. The molecule has 2 heterocycles. The molecule has 4 nitrogen and oxygen atoms in total. The van der Waals surface area contributed by atoms with Crippen LogP contribution >= 0.6 is 34.5 Å². The van der Waals surface area contributed by atoms with E-state index in [1.807, 2.05) is 19.1 Å². The molecule has 0 bridgehead atoms. The molecule has 0 aliphatic carbocycles. The molecule has 27 heavy (non-hydrogen) atoms. The Morgan fingerprint density at radius 2 is 1.85 bits per heavy atom. The molecular weight excluding hydrogens is 408 g/mol. The molecule has 0 unspecified atom stereocenters. The average molecular weight is 424 g/mol. The number of nitrogens with zero attached hydrogens (tertiary/aromatic N) is 3. The zero-order chi connectivity index (χ0) is 19.1. The standard InChI is InChI=1S/C19H16Cl2FN3OS/c1-11-2-5-14(20)17-16(11)23-19(27-17)25-8-6-24(7-9-25)18(26)13-4-3-12(22)10-15(13)21/h2-5,10H,6-9H2,1H3. The maximum Gasteiger partial charge on any atom is 0.255 e. The van der Waals surface area contributed by atoms with Crippen molar-refractivity contribution in [3.05, 3.63) is 57.3 Å². The first-order valence-corrected chi connectivity index (χ1v) is 10.1. The van der Waals surface area contributed by atoms with Gasteiger partial charge in [0.05, 0.1) is 25.8 Å². The Labute approximate surface area is 170 Å². The number of carbonyl (C=O) groups is 1. The number of aromatic nitrogens is 1. The summed E-state index contributed by atoms with van der Waals surface area (Å²) in [7, 11) is 0. The number of anilines is 1. The summed E-state index contributed by atoms with van der Waals surface area (Å²) in [6.07, 6.45) is 0. The molecule has 0 N–H and O–H groups in total. The van der Waals surface area contributed by atoms with Gasteiger partial charge in [0.1, 0.15) is 5.82 Å². The quantitative estimate of drug-likeness (QED) is 0.580. The topological polar surface area (TPSA) is 36.4 Å². The number of aryl methyl sites for hydroxylation is 1. The Balaban J connectivity index is 1.50. The maximum absolute atomic E-state index is 13.2. The van der Waals surface area contributed by atoms with E-state index in [1.54, 1.807) is 16.2 Å². The van der Waals surface area contributed by atoms with Gasteiger partial charge in [-0.1, -0.05) is 40.6 Å². The van der Waals surface area contributed by atoms with Crippen molar-refractivity contribution in [2.45, 2.75) is 6.92 Å². The normalized spacial score (nSPS) is 14.8. The molecule has 1 aromatic heterocycles. The van der Waals surface area contributed by atoms with Crippen molar-refractivity contribution in [2.75, 3.05) is 31.1 Å². The van der Waals surface area contributed by atoms with Gasteiger partial charge in [-0.2, -0.15) is 0 Å². The van der Waals surface area contributed by atoms with Crippen molar-refractivity contribution < 1.29 is 9.18 Å². The van der Waals surface area contributed by atoms with Crippen LogP contribution in [0.5, 0.6) is 0 Å². The number of halogens is 3. The van der Waals surface area contributed by atoms with Crippen LogP contribution in [-0.4, -0.2) is 42.0 Å². The van der Waals surface area contributed by atoms with Crippen molar-refractivity contribution in [1.82, 2.24) is 9.88 Å². The van der Waals surface area contributed by atoms with Crippen LogP contribution in [0.2, 0.25) is 10.0 Å². The van der Waals surface area contributed by atoms with E-state index in [9.17, 15) is 9.18 Å². The Hall–Kier alpha value is -1.89. The van der Waals surface area contributed by atoms with E-state index in [-0.39, 0.29) is 10.9 Å². The van der Waals surface area contributed by atoms with E-state index in [1.165, 1.54) is 12.1 Å². The zero-order valence-corrected chi connectivity index (χ0v) is 16.8. The lowest BCUT2D eigenvalue weighted by Gasteiger charge is -2.34. The minimum atomic E-state index is -0.453. The van der Waals surface area contributed by atoms with Crippen molar-refractivity contribution in [1.29, 1.82) is 0 Å². The summed E-state index contributed by atoms with van der Waals surface area (Å²) in [5.74, 6) is -0.631. The van der Waals surface area contributed by atoms with Crippen molar-refractivity contribution >= 4 is 55.8 Å². The van der Waals surface area contributed by atoms with Gasteiger partial charge in [0.2, 0.25) is 0 Å². The van der Waals surface area contributed by atoms with Crippen molar-refractivity contribution in [3.63, 3.8) is 0 Å². The number of hydrogen-bond acceptors (Lipinski definition) is 4. The highest BCUT2D eigenvalue weighted by atomic mass is 35.5. The summed E-state index contributed by atoms with van der Waals surface area (Å²) in [5, 5.41) is 1.76. The maximum atomic E-state index is 13.2. The van der Waals surface area contributed by atoms with Crippen LogP contribution in [0.1, 0.15) is 15.9 Å². The zero-order valence-electron chi connectivity index (χ0n) is 14.5. The summed E-state index contributed by atoms with van der Waals surface area (Å²) < 4.78 is 14.2. The van der Waals surface area contributed by atoms with E-state index < -0.39 is 5.82 Å². The number of rotatable bonds is 2. The predicted molar refractivity (Wildman–Crippen MR) is 109 cm³/mol. The molecule has 0 spiro atoms. The van der Waals surface area contributed by atoms with E-state index in [4.69, 9.17) is 28.2 Å². The number of carbonyl (C=O) groups excluding carboxylic acids is 1. The number of amides is 1. The summed E-state index contributed by atoms with van der Waals surface area (Å²) in [6.45, 7) is 4.46. The molecule has 8 heteroatoms. The fraction of sp³-hybridized carbons (Fsp3) is 0.263. The second kappa shape index (κ2) is 7.26. The van der Waals surface area contributed by atoms with Gasteiger partial charge in [-0.3, -0.25) is 4.79 Å². The first-order chi connectivity index (χ1) is 12.9. The van der Waals surface area contributed by atoms with E-state index in [0.29, 0.717) is 36.8 Å². The summed E-state index contributed by atoms with van der Waals surface area (Å²) in [6, 6.07) is 7.72. The Morgan fingerprint density at radius 1 is 1.11 bits per heavy atom. The van der Waals surface area contributed by atoms with Crippen LogP contribution < -0.4 is 4.90 Å². The van der Waals surface area contributed by atoms with Crippen LogP contribution in [0, 0.1) is 12.7 Å². The summed E-state index contributed by atoms with van der Waals surface area (Å²) >= 11 is 13.9. The fourth-order valence-electron chi connectivity index (χ4n) is 3.16. The van der Waals surface area contributed by atoms with Crippen LogP contribution in [0.25, 0.3) is 10.2 Å². The minimum Gasteiger partial charge on any atom is -0.345 e. The molecule has 0 radical (unpaired) electrons. The van der Waals surface area contributed by atoms with Crippen LogP contribution in [-0.2, 0) is 0 Å². The lowest BCUT2D eigenvalue weighted by molar-refractivity contribution is 0.0747. The van der Waals surface area contributed by atoms with Crippen molar-refractivity contribution in [3.8, 4) is 0 Å². The Kier molecular flexibility index (Phi) is 4.97. The monoisotopic (exact) mass is 423 g/mol. The molecule has 1 aliphatic heterocycles. The summed E-state index contributed by atoms with van der Waals surface area (Å²) in [5.41, 5.74) is 2.35. The van der Waals surface area contributed by atoms with Crippen molar-refractivity contribution in [2.24, 2.45) is 0 Å². The number of thiazole rings is 1. The molecule has 0 saturated carbocycles. The van der Waals surface area contributed by atoms with Gasteiger partial charge in [0.25, 0.3) is 5.91 Å². The third-order valence-corrected chi connectivity index (χ3v) is 6.57. The number of hydrogen-bond donors (Lipinski definition) is 0. The van der Waals surface area contributed by atoms with E-state index in [2.05, 4.69) is 4.90 Å². The second-order valence-electron chi connectivity index (χ2n) is 6.44. The highest BCUT2D eigenvalue weighted by Crippen LogP contribution is 2.36. The van der Waals surface area contributed by atoms with E-state index >= 15 is 0 Å². The van der Waals surface area contributed by atoms with Crippen LogP contribution in [0.15, 0.2) is 30.3 Å². The largest absolute Gasteiger partial charge is 0.345 e. The molecule has 1 aliphatic rings. The summed E-state index contributed by atoms with van der Waals surface area (Å²) in [4.78, 5) is 21.3. The highest BCUT2D eigenvalue weighted by Gasteiger charge is 2.25. The molecule has 1 amide bonds. The minimum absolute atomic E-state index is 0.138. The molecular formula is C19H16Cl2FN3OS. The molecule has 0 atom stereocenters. The Bertz CT molecular complexity index is 992. The van der Waals surface area contributed by atoms with Gasteiger partial charge in [0.15, 0.2) is 5.13 Å². The first-order valence-electron chi connectivity index (χ1n) is 8.49. The predicted octanol–water partition coefficient (Wildman–Crippen LogP) is 5.01. The van der Waals surface area contributed by atoms with Crippen LogP contribution in [0.4, 0.5) is 9.52 Å². The van der Waals surface area contributed by atoms with Gasteiger partial charge in [-0.15, -0.1) is 0 Å². The van der Waals surface area contributed by atoms with Gasteiger partial charge in [0, 0.05) is 26.2 Å². The van der Waals surface area contributed by atoms with E-state index in [0.717, 1.165) is 27.0 Å². The van der Waals surface area contributed by atoms with Gasteiger partial charge in [-0.05, 0) is 36.8 Å². The lowest BCUT2D eigenvalue weighted by atomic mass is 10.1. The molecule has 3 aromatic rings. The van der Waals surface area contributed by atoms with Gasteiger partial charge >= 0.3 is 0 Å². The highest BCUT2D eigenvalue weighted by molar-refractivity contribution is 7.22. The second-order valence-corrected chi connectivity index (χ2v) is 8.23. The molecule has 1 fully saturated rings. The lowest BCUT2D eigenvalue weighted by Crippen LogP contribution is -2.48. The third kappa shape index (κ3) is 3.49. The number of piperazine rings is 1. The SMILES string of the molecule is Cc1ccc(Cl)c2sc(N3CCN(C(=O)c4ccc(F)cc4Cl)CC3)nc12. The molecule has 2 aromatic carbocycles. The first kappa shape index (κ1) is 18.5. The van der Waals surface area contributed by atoms with Gasteiger partial charge < -0.3 is 9.80 Å². The molecule has 4 rings (SSSR count). The third-order valence-electron chi connectivity index (χ3n) is 4.68. The molecule has 1 saturated heterocycles. The fourth-order valence-corrected chi connectivity index (χ4v) is 4.78.